The van der Waals surface area contributed by atoms with Crippen LogP contribution in [0, 0.1) is 23.8 Å². The van der Waals surface area contributed by atoms with Gasteiger partial charge in [-0.25, -0.2) is 0 Å². The average molecular weight is 876 g/mol. The molecule has 0 unspecified atom stereocenters. The van der Waals surface area contributed by atoms with Crippen LogP contribution in [-0.4, -0.2) is 55.6 Å². The molecule has 1 saturated heterocycles. The van der Waals surface area contributed by atoms with E-state index >= 15 is 0 Å². The van der Waals surface area contributed by atoms with Crippen LogP contribution in [0.2, 0.25) is 29.7 Å². The molecule has 16 heteroatoms. The number of fused-ring (bicyclic) bond motifs is 2. The Hall–Kier alpha value is -5.12. The molecule has 59 heavy (non-hydrogen) atoms. The zero-order chi connectivity index (χ0) is 43.1. The lowest BCUT2D eigenvalue weighted by Gasteiger charge is -2.16. The predicted octanol–water partition coefficient (Wildman–Crippen LogP) is 10.8. The van der Waals surface area contributed by atoms with E-state index in [0.29, 0.717) is 51.0 Å². The van der Waals surface area contributed by atoms with Crippen LogP contribution in [0.4, 0.5) is 26.3 Å². The summed E-state index contributed by atoms with van der Waals surface area (Å²) in [6.07, 6.45) is -1.55. The molecule has 0 spiro atoms. The van der Waals surface area contributed by atoms with Gasteiger partial charge in [0, 0.05) is 50.5 Å². The molecule has 0 atom stereocenters. The smallest absolute Gasteiger partial charge is 0.406 e. The van der Waals surface area contributed by atoms with Gasteiger partial charge in [0.1, 0.15) is 19.6 Å². The number of nitrogens with zero attached hydrogens (tertiary/aromatic N) is 2. The summed E-state index contributed by atoms with van der Waals surface area (Å²) >= 11 is 12.5. The number of carbonyl (C=O) groups is 2. The number of benzene rings is 4. The third kappa shape index (κ3) is 13.2. The summed E-state index contributed by atoms with van der Waals surface area (Å²) in [5.74, 6) is 4.58. The van der Waals surface area contributed by atoms with E-state index in [4.69, 9.17) is 34.4 Å². The molecule has 0 N–H and O–H groups in total. The fourth-order valence-electron chi connectivity index (χ4n) is 6.14. The van der Waals surface area contributed by atoms with Gasteiger partial charge in [-0.15, -0.1) is 38.3 Å². The largest absolute Gasteiger partial charge is 0.573 e. The lowest BCUT2D eigenvalue weighted by atomic mass is 10.1. The highest BCUT2D eigenvalue weighted by atomic mass is 35.5. The van der Waals surface area contributed by atoms with Crippen LogP contribution >= 0.6 is 23.2 Å². The predicted molar refractivity (Wildman–Crippen MR) is 215 cm³/mol. The standard InChI is InChI=1S/C21H19ClF3NO2Si.C18H11ClF3NO2.C4H8O/c1-29(2,3)9-8-15-10-16-13-26(20(27)19(16)18(22)11-15)12-14-4-6-17(7-5-14)28-21(23,24)25;1-2-11-7-13-10-23(17(24)16(13)15(19)8-11)9-12-3-5-14(6-4-12)25-18(20,21)22;1-2-4-5-3-1/h4-7,10-11H,12-13H2,1-3H3;1,3-8H,9-10H2;1-4H2. The van der Waals surface area contributed by atoms with E-state index in [1.807, 2.05) is 6.07 Å². The summed E-state index contributed by atoms with van der Waals surface area (Å²) in [6.45, 7) is 9.64. The molecule has 4 aromatic rings. The zero-order valence-corrected chi connectivity index (χ0v) is 34.6. The van der Waals surface area contributed by atoms with E-state index in [9.17, 15) is 35.9 Å². The second-order valence-electron chi connectivity index (χ2n) is 14.7. The summed E-state index contributed by atoms with van der Waals surface area (Å²) in [5, 5.41) is 0.663. The number of terminal acetylenes is 1. The maximum atomic E-state index is 12.7. The molecule has 0 radical (unpaired) electrons. The first-order valence-electron chi connectivity index (χ1n) is 18.2. The lowest BCUT2D eigenvalue weighted by molar-refractivity contribution is -0.275. The van der Waals surface area contributed by atoms with Crippen molar-refractivity contribution in [2.45, 2.75) is 71.4 Å². The second-order valence-corrected chi connectivity index (χ2v) is 20.2. The van der Waals surface area contributed by atoms with Crippen molar-refractivity contribution in [1.82, 2.24) is 9.80 Å². The highest BCUT2D eigenvalue weighted by molar-refractivity contribution is 6.83. The molecule has 0 bridgehead atoms. The van der Waals surface area contributed by atoms with Crippen LogP contribution in [0.25, 0.3) is 0 Å². The van der Waals surface area contributed by atoms with Crippen molar-refractivity contribution in [2.24, 2.45) is 0 Å². The first kappa shape index (κ1) is 45.0. The van der Waals surface area contributed by atoms with Crippen molar-refractivity contribution in [2.75, 3.05) is 13.2 Å². The van der Waals surface area contributed by atoms with E-state index in [1.54, 1.807) is 28.0 Å². The van der Waals surface area contributed by atoms with Crippen molar-refractivity contribution in [1.29, 1.82) is 0 Å². The van der Waals surface area contributed by atoms with Crippen molar-refractivity contribution in [3.8, 4) is 35.3 Å². The molecular weight excluding hydrogens is 837 g/mol. The highest BCUT2D eigenvalue weighted by Crippen LogP contribution is 2.34. The van der Waals surface area contributed by atoms with E-state index in [-0.39, 0.29) is 36.4 Å². The number of alkyl halides is 6. The normalized spacial score (nSPS) is 14.5. The average Bonchev–Trinajstić information content (AvgIpc) is 3.89. The molecule has 7 rings (SSSR count). The van der Waals surface area contributed by atoms with Gasteiger partial charge in [0.2, 0.25) is 0 Å². The van der Waals surface area contributed by atoms with Gasteiger partial charge in [0.15, 0.2) is 0 Å². The summed E-state index contributed by atoms with van der Waals surface area (Å²) in [7, 11) is -1.54. The Morgan fingerprint density at radius 1 is 0.695 bits per heavy atom. The number of hydrogen-bond acceptors (Lipinski definition) is 5. The third-order valence-electron chi connectivity index (χ3n) is 8.70. The molecule has 2 amide bonds. The minimum absolute atomic E-state index is 0.203. The Kier molecular flexibility index (Phi) is 14.4. The molecule has 0 aliphatic carbocycles. The van der Waals surface area contributed by atoms with Crippen molar-refractivity contribution >= 4 is 43.1 Å². The molecule has 1 fully saturated rings. The lowest BCUT2D eigenvalue weighted by Crippen LogP contribution is -2.23. The molecule has 0 saturated carbocycles. The van der Waals surface area contributed by atoms with Crippen molar-refractivity contribution in [3.05, 3.63) is 127 Å². The van der Waals surface area contributed by atoms with Gasteiger partial charge >= 0.3 is 12.7 Å². The van der Waals surface area contributed by atoms with Gasteiger partial charge in [-0.1, -0.05) is 78.9 Å². The Bertz CT molecular complexity index is 2270. The van der Waals surface area contributed by atoms with Crippen LogP contribution in [0.15, 0.2) is 72.8 Å². The quantitative estimate of drug-likeness (QED) is 0.110. The maximum Gasteiger partial charge on any atom is 0.573 e. The second kappa shape index (κ2) is 18.9. The summed E-state index contributed by atoms with van der Waals surface area (Å²) < 4.78 is 85.9. The molecule has 310 valence electrons. The molecule has 3 aliphatic rings. The summed E-state index contributed by atoms with van der Waals surface area (Å²) in [5.41, 5.74) is 8.43. The summed E-state index contributed by atoms with van der Waals surface area (Å²) in [4.78, 5) is 28.4. The van der Waals surface area contributed by atoms with Crippen LogP contribution in [0.5, 0.6) is 11.5 Å². The first-order valence-corrected chi connectivity index (χ1v) is 22.4. The van der Waals surface area contributed by atoms with Crippen LogP contribution in [0.1, 0.15) is 66.9 Å². The monoisotopic (exact) mass is 874 g/mol. The van der Waals surface area contributed by atoms with Gasteiger partial charge in [-0.2, -0.15) is 0 Å². The molecule has 3 heterocycles. The topological polar surface area (TPSA) is 68.3 Å². The maximum absolute atomic E-state index is 12.7. The van der Waals surface area contributed by atoms with E-state index in [2.05, 4.69) is 46.5 Å². The van der Waals surface area contributed by atoms with Gasteiger partial charge < -0.3 is 24.0 Å². The van der Waals surface area contributed by atoms with Gasteiger partial charge in [0.25, 0.3) is 11.8 Å². The number of hydrogen-bond donors (Lipinski definition) is 0. The Balaban J connectivity index is 0.000000202. The number of halogens is 8. The van der Waals surface area contributed by atoms with Crippen LogP contribution in [-0.2, 0) is 30.9 Å². The third-order valence-corrected chi connectivity index (χ3v) is 10.2. The first-order chi connectivity index (χ1) is 27.7. The number of ether oxygens (including phenoxy) is 3. The van der Waals surface area contributed by atoms with Crippen molar-refractivity contribution < 1.29 is 50.1 Å². The zero-order valence-electron chi connectivity index (χ0n) is 32.1. The Labute approximate surface area is 349 Å². The SMILES string of the molecule is C#Cc1cc(Cl)c2c(c1)CN(Cc1ccc(OC(F)(F)F)cc1)C2=O.C1CCOC1.C[Si](C)(C)C#Cc1cc(Cl)c2c(c1)CN(Cc1ccc(OC(F)(F)F)cc1)C2=O. The van der Waals surface area contributed by atoms with Gasteiger partial charge in [-0.3, -0.25) is 9.59 Å². The molecule has 7 nitrogen and oxygen atoms in total. The fourth-order valence-corrected chi connectivity index (χ4v) is 7.30. The van der Waals surface area contributed by atoms with Crippen molar-refractivity contribution in [3.63, 3.8) is 0 Å². The van der Waals surface area contributed by atoms with E-state index in [1.165, 1.54) is 61.4 Å². The van der Waals surface area contributed by atoms with E-state index < -0.39 is 20.8 Å². The summed E-state index contributed by atoms with van der Waals surface area (Å²) in [6, 6.07) is 17.7. The molecule has 4 aromatic carbocycles. The fraction of sp³-hybridized carbons (Fsp3) is 0.302. The van der Waals surface area contributed by atoms with Gasteiger partial charge in [0.05, 0.1) is 21.2 Å². The molecule has 0 aromatic heterocycles. The minimum atomic E-state index is -4.74. The van der Waals surface area contributed by atoms with Gasteiger partial charge in [-0.05, 0) is 83.6 Å². The minimum Gasteiger partial charge on any atom is -0.406 e. The van der Waals surface area contributed by atoms with E-state index in [0.717, 1.165) is 29.9 Å². The van der Waals surface area contributed by atoms with Crippen LogP contribution in [0.3, 0.4) is 0 Å². The Morgan fingerprint density at radius 2 is 1.10 bits per heavy atom. The van der Waals surface area contributed by atoms with Crippen LogP contribution < -0.4 is 9.47 Å². The number of rotatable bonds is 6. The Morgan fingerprint density at radius 3 is 1.46 bits per heavy atom. The molecule has 3 aliphatic heterocycles. The highest BCUT2D eigenvalue weighted by Gasteiger charge is 2.34. The number of carbonyl (C=O) groups excluding carboxylic acids is 2. The number of amides is 2. The molecular formula is C43H38Cl2F6N2O5Si.